The van der Waals surface area contributed by atoms with Gasteiger partial charge in [-0.3, -0.25) is 0 Å². The van der Waals surface area contributed by atoms with Gasteiger partial charge in [0.1, 0.15) is 11.4 Å². The minimum atomic E-state index is -1.08. The first-order chi connectivity index (χ1) is 9.06. The van der Waals surface area contributed by atoms with Gasteiger partial charge < -0.3 is 25.6 Å². The number of carboxylic acid groups (broad SMARTS) is 1. The topological polar surface area (TPSA) is 107 Å². The second kappa shape index (κ2) is 5.41. The Morgan fingerprint density at radius 2 is 2.53 bits per heavy atom. The predicted octanol–water partition coefficient (Wildman–Crippen LogP) is 0.579. The zero-order valence-electron chi connectivity index (χ0n) is 10.7. The van der Waals surface area contributed by atoms with E-state index in [9.17, 15) is 4.79 Å². The molecular formula is C12H17N3O4. The van der Waals surface area contributed by atoms with Crippen molar-refractivity contribution in [3.8, 4) is 0 Å². The molecule has 1 saturated heterocycles. The van der Waals surface area contributed by atoms with Gasteiger partial charge in [0, 0.05) is 26.7 Å². The molecule has 1 aliphatic rings. The maximum absolute atomic E-state index is 11.0. The molecule has 2 heterocycles. The van der Waals surface area contributed by atoms with Crippen LogP contribution in [-0.2, 0) is 9.47 Å². The average molecular weight is 267 g/mol. The summed E-state index contributed by atoms with van der Waals surface area (Å²) in [7, 11) is 1.63. The number of anilines is 2. The van der Waals surface area contributed by atoms with Gasteiger partial charge in [-0.25, -0.2) is 9.78 Å². The van der Waals surface area contributed by atoms with Gasteiger partial charge in [0.15, 0.2) is 0 Å². The van der Waals surface area contributed by atoms with Crippen LogP contribution < -0.4 is 11.1 Å². The van der Waals surface area contributed by atoms with Crippen molar-refractivity contribution in [2.75, 3.05) is 37.9 Å². The number of hydrogen-bond acceptors (Lipinski definition) is 6. The molecule has 1 aromatic heterocycles. The van der Waals surface area contributed by atoms with Crippen molar-refractivity contribution in [2.24, 2.45) is 0 Å². The zero-order chi connectivity index (χ0) is 13.9. The quantitative estimate of drug-likeness (QED) is 0.716. The average Bonchev–Trinajstić information content (AvgIpc) is 2.87. The number of methoxy groups -OCH3 is 1. The number of carbonyl (C=O) groups is 1. The van der Waals surface area contributed by atoms with Crippen molar-refractivity contribution in [1.82, 2.24) is 4.98 Å². The number of aromatic nitrogens is 1. The molecule has 0 amide bonds. The number of aromatic carboxylic acids is 1. The molecule has 0 spiro atoms. The molecule has 7 heteroatoms. The third-order valence-electron chi connectivity index (χ3n) is 3.26. The Labute approximate surface area is 110 Å². The summed E-state index contributed by atoms with van der Waals surface area (Å²) in [5, 5.41) is 12.1. The maximum Gasteiger partial charge on any atom is 0.337 e. The smallest absolute Gasteiger partial charge is 0.337 e. The number of ether oxygens (including phenoxy) is 2. The normalized spacial score (nSPS) is 22.4. The number of rotatable bonds is 5. The summed E-state index contributed by atoms with van der Waals surface area (Å²) in [6.07, 6.45) is 2.12. The number of nitrogen functional groups attached to an aromatic ring is 1. The summed E-state index contributed by atoms with van der Waals surface area (Å²) >= 11 is 0. The Kier molecular flexibility index (Phi) is 3.87. The van der Waals surface area contributed by atoms with Crippen LogP contribution in [0.4, 0.5) is 11.5 Å². The number of pyridine rings is 1. The van der Waals surface area contributed by atoms with E-state index in [-0.39, 0.29) is 16.9 Å². The van der Waals surface area contributed by atoms with Gasteiger partial charge in [-0.15, -0.1) is 0 Å². The lowest BCUT2D eigenvalue weighted by atomic mass is 10.0. The van der Waals surface area contributed by atoms with Gasteiger partial charge in [-0.1, -0.05) is 0 Å². The van der Waals surface area contributed by atoms with Crippen molar-refractivity contribution >= 4 is 17.5 Å². The Morgan fingerprint density at radius 3 is 3.11 bits per heavy atom. The molecule has 7 nitrogen and oxygen atoms in total. The molecule has 4 N–H and O–H groups in total. The second-order valence-electron chi connectivity index (χ2n) is 4.51. The first-order valence-corrected chi connectivity index (χ1v) is 5.92. The van der Waals surface area contributed by atoms with Gasteiger partial charge in [0.2, 0.25) is 0 Å². The van der Waals surface area contributed by atoms with E-state index in [1.807, 2.05) is 0 Å². The van der Waals surface area contributed by atoms with Crippen LogP contribution in [0.3, 0.4) is 0 Å². The summed E-state index contributed by atoms with van der Waals surface area (Å²) < 4.78 is 10.8. The highest BCUT2D eigenvalue weighted by Gasteiger charge is 2.34. The molecule has 1 aromatic rings. The monoisotopic (exact) mass is 267 g/mol. The van der Waals surface area contributed by atoms with Crippen LogP contribution in [0.25, 0.3) is 0 Å². The van der Waals surface area contributed by atoms with Gasteiger partial charge >= 0.3 is 5.97 Å². The van der Waals surface area contributed by atoms with E-state index >= 15 is 0 Å². The minimum absolute atomic E-state index is 0.0339. The highest BCUT2D eigenvalue weighted by atomic mass is 16.5. The van der Waals surface area contributed by atoms with E-state index < -0.39 is 5.97 Å². The minimum Gasteiger partial charge on any atom is -0.478 e. The molecule has 2 rings (SSSR count). The highest BCUT2D eigenvalue weighted by molar-refractivity contribution is 5.94. The molecule has 1 aliphatic heterocycles. The zero-order valence-corrected chi connectivity index (χ0v) is 10.7. The third kappa shape index (κ3) is 2.94. The Morgan fingerprint density at radius 1 is 1.74 bits per heavy atom. The standard InChI is InChI=1S/C12H17N3O4/c1-18-12(2-3-19-7-12)6-15-10-4-8(11(16)17)9(13)5-14-10/h4-5H,2-3,6-7,13H2,1H3,(H,14,15)(H,16,17). The molecule has 0 aliphatic carbocycles. The predicted molar refractivity (Wildman–Crippen MR) is 69.3 cm³/mol. The molecule has 1 atom stereocenters. The Hall–Kier alpha value is -1.86. The fourth-order valence-electron chi connectivity index (χ4n) is 1.96. The van der Waals surface area contributed by atoms with Gasteiger partial charge in [0.25, 0.3) is 0 Å². The number of hydrogen-bond donors (Lipinski definition) is 3. The second-order valence-corrected chi connectivity index (χ2v) is 4.51. The van der Waals surface area contributed by atoms with Crippen molar-refractivity contribution in [3.05, 3.63) is 17.8 Å². The summed E-state index contributed by atoms with van der Waals surface area (Å²) in [6.45, 7) is 1.67. The largest absolute Gasteiger partial charge is 0.478 e. The lowest BCUT2D eigenvalue weighted by Crippen LogP contribution is -2.39. The molecule has 19 heavy (non-hydrogen) atoms. The molecule has 0 aromatic carbocycles. The van der Waals surface area contributed by atoms with E-state index in [4.69, 9.17) is 20.3 Å². The van der Waals surface area contributed by atoms with Gasteiger partial charge in [-0.05, 0) is 6.07 Å². The van der Waals surface area contributed by atoms with Crippen molar-refractivity contribution < 1.29 is 19.4 Å². The SMILES string of the molecule is COC1(CNc2cc(C(=O)O)c(N)cn2)CCOC1. The molecule has 0 radical (unpaired) electrons. The summed E-state index contributed by atoms with van der Waals surface area (Å²) in [5.41, 5.74) is 5.34. The summed E-state index contributed by atoms with van der Waals surface area (Å²) in [4.78, 5) is 15.0. The van der Waals surface area contributed by atoms with Gasteiger partial charge in [0.05, 0.1) is 24.1 Å². The van der Waals surface area contributed by atoms with Crippen LogP contribution in [-0.4, -0.2) is 48.5 Å². The van der Waals surface area contributed by atoms with Crippen LogP contribution in [0.1, 0.15) is 16.8 Å². The van der Waals surface area contributed by atoms with Crippen molar-refractivity contribution in [3.63, 3.8) is 0 Å². The molecule has 104 valence electrons. The summed E-state index contributed by atoms with van der Waals surface area (Å²) in [5.74, 6) is -0.622. The third-order valence-corrected chi connectivity index (χ3v) is 3.26. The van der Waals surface area contributed by atoms with Crippen molar-refractivity contribution in [2.45, 2.75) is 12.0 Å². The lowest BCUT2D eigenvalue weighted by Gasteiger charge is -2.26. The van der Waals surface area contributed by atoms with Crippen LogP contribution in [0, 0.1) is 0 Å². The Bertz CT molecular complexity index is 472. The van der Waals surface area contributed by atoms with Crippen LogP contribution in [0.15, 0.2) is 12.3 Å². The van der Waals surface area contributed by atoms with Crippen LogP contribution >= 0.6 is 0 Å². The Balaban J connectivity index is 2.07. The van der Waals surface area contributed by atoms with Crippen LogP contribution in [0.2, 0.25) is 0 Å². The van der Waals surface area contributed by atoms with E-state index in [0.717, 1.165) is 6.42 Å². The fourth-order valence-corrected chi connectivity index (χ4v) is 1.96. The van der Waals surface area contributed by atoms with Crippen molar-refractivity contribution in [1.29, 1.82) is 0 Å². The first-order valence-electron chi connectivity index (χ1n) is 5.92. The van der Waals surface area contributed by atoms with E-state index in [1.54, 1.807) is 7.11 Å². The number of nitrogens with zero attached hydrogens (tertiary/aromatic N) is 1. The number of nitrogens with one attached hydrogen (secondary N) is 1. The molecule has 0 saturated carbocycles. The number of nitrogens with two attached hydrogens (primary N) is 1. The van der Waals surface area contributed by atoms with Gasteiger partial charge in [-0.2, -0.15) is 0 Å². The molecule has 1 unspecified atom stereocenters. The highest BCUT2D eigenvalue weighted by Crippen LogP contribution is 2.23. The first kappa shape index (κ1) is 13.6. The summed E-state index contributed by atoms with van der Waals surface area (Å²) in [6, 6.07) is 1.41. The number of carboxylic acids is 1. The van der Waals surface area contributed by atoms with E-state index in [1.165, 1.54) is 12.3 Å². The van der Waals surface area contributed by atoms with E-state index in [0.29, 0.717) is 25.6 Å². The maximum atomic E-state index is 11.0. The van der Waals surface area contributed by atoms with E-state index in [2.05, 4.69) is 10.3 Å². The lowest BCUT2D eigenvalue weighted by molar-refractivity contribution is -0.00625. The fraction of sp³-hybridized carbons (Fsp3) is 0.500. The van der Waals surface area contributed by atoms with Crippen LogP contribution in [0.5, 0.6) is 0 Å². The molecule has 1 fully saturated rings. The molecule has 0 bridgehead atoms. The molecular weight excluding hydrogens is 250 g/mol.